The average Bonchev–Trinajstić information content (AvgIpc) is 2.93. The molecule has 0 atom stereocenters. The predicted octanol–water partition coefficient (Wildman–Crippen LogP) is 2.45. The molecule has 1 saturated carbocycles. The number of benzene rings is 1. The van der Waals surface area contributed by atoms with E-state index in [0.29, 0.717) is 12.1 Å². The van der Waals surface area contributed by atoms with Crippen LogP contribution in [0.3, 0.4) is 0 Å². The third kappa shape index (κ3) is 2.11. The van der Waals surface area contributed by atoms with Crippen LogP contribution in [0.25, 0.3) is 0 Å². The summed E-state index contributed by atoms with van der Waals surface area (Å²) in [6.45, 7) is 0. The molecule has 0 aliphatic heterocycles. The Morgan fingerprint density at radius 1 is 1.20 bits per heavy atom. The van der Waals surface area contributed by atoms with E-state index < -0.39 is 29.0 Å². The molecule has 0 unspecified atom stereocenters. The molecule has 0 aromatic heterocycles. The first-order chi connectivity index (χ1) is 7.08. The predicted molar refractivity (Wildman–Crippen MR) is 47.7 cm³/mol. The number of hydrogen-bond donors (Lipinski definition) is 1. The maximum atomic E-state index is 13.1. The fraction of sp³-hybridized carbons (Fsp3) is 0.300. The highest BCUT2D eigenvalue weighted by atomic mass is 19.1. The van der Waals surface area contributed by atoms with Gasteiger partial charge in [0.25, 0.3) is 0 Å². The van der Waals surface area contributed by atoms with Crippen LogP contribution in [0, 0.1) is 23.4 Å². The van der Waals surface area contributed by atoms with Crippen LogP contribution in [0.15, 0.2) is 12.1 Å². The molecule has 0 spiro atoms. The lowest BCUT2D eigenvalue weighted by atomic mass is 10.2. The number of halogens is 3. The van der Waals surface area contributed by atoms with Crippen molar-refractivity contribution in [1.82, 2.24) is 0 Å². The second kappa shape index (κ2) is 3.56. The van der Waals surface area contributed by atoms with Crippen LogP contribution in [0.5, 0.6) is 0 Å². The van der Waals surface area contributed by atoms with Crippen LogP contribution in [0.1, 0.15) is 12.8 Å². The van der Waals surface area contributed by atoms with Gasteiger partial charge in [-0.1, -0.05) is 0 Å². The highest BCUT2D eigenvalue weighted by molar-refractivity contribution is 5.94. The number of amides is 1. The third-order valence-electron chi connectivity index (χ3n) is 2.20. The van der Waals surface area contributed by atoms with Gasteiger partial charge in [-0.2, -0.15) is 0 Å². The van der Waals surface area contributed by atoms with Gasteiger partial charge in [-0.05, 0) is 12.8 Å². The third-order valence-corrected chi connectivity index (χ3v) is 2.20. The van der Waals surface area contributed by atoms with Gasteiger partial charge in [0.05, 0.1) is 0 Å². The minimum Gasteiger partial charge on any atom is -0.321 e. The zero-order valence-corrected chi connectivity index (χ0v) is 7.69. The van der Waals surface area contributed by atoms with Gasteiger partial charge < -0.3 is 5.32 Å². The van der Waals surface area contributed by atoms with Crippen LogP contribution in [-0.2, 0) is 4.79 Å². The number of rotatable bonds is 2. The van der Waals surface area contributed by atoms with E-state index in [2.05, 4.69) is 5.32 Å². The standard InChI is InChI=1S/C10H8F3NO/c11-6-3-7(12)9(8(13)4-6)14-10(15)5-1-2-5/h3-5H,1-2H2,(H,14,15). The van der Waals surface area contributed by atoms with E-state index in [0.717, 1.165) is 12.8 Å². The molecule has 0 radical (unpaired) electrons. The first-order valence-electron chi connectivity index (χ1n) is 4.53. The molecule has 1 aromatic carbocycles. The van der Waals surface area contributed by atoms with Crippen molar-refractivity contribution < 1.29 is 18.0 Å². The maximum Gasteiger partial charge on any atom is 0.227 e. The molecule has 1 amide bonds. The largest absolute Gasteiger partial charge is 0.321 e. The van der Waals surface area contributed by atoms with Gasteiger partial charge in [0.1, 0.15) is 11.5 Å². The monoisotopic (exact) mass is 215 g/mol. The molecule has 2 nitrogen and oxygen atoms in total. The number of hydrogen-bond acceptors (Lipinski definition) is 1. The normalized spacial score (nSPS) is 15.1. The zero-order valence-electron chi connectivity index (χ0n) is 7.69. The van der Waals surface area contributed by atoms with Gasteiger partial charge in [-0.15, -0.1) is 0 Å². The van der Waals surface area contributed by atoms with Gasteiger partial charge in [0, 0.05) is 18.1 Å². The number of anilines is 1. The van der Waals surface area contributed by atoms with Gasteiger partial charge in [-0.3, -0.25) is 4.79 Å². The van der Waals surface area contributed by atoms with Crippen molar-refractivity contribution in [2.24, 2.45) is 5.92 Å². The van der Waals surface area contributed by atoms with Crippen LogP contribution >= 0.6 is 0 Å². The van der Waals surface area contributed by atoms with Crippen molar-refractivity contribution >= 4 is 11.6 Å². The Morgan fingerprint density at radius 2 is 1.73 bits per heavy atom. The van der Waals surface area contributed by atoms with Gasteiger partial charge in [-0.25, -0.2) is 13.2 Å². The number of carbonyl (C=O) groups is 1. The van der Waals surface area contributed by atoms with Crippen molar-refractivity contribution in [1.29, 1.82) is 0 Å². The Labute approximate surface area is 84.1 Å². The van der Waals surface area contributed by atoms with Crippen LogP contribution < -0.4 is 5.32 Å². The van der Waals surface area contributed by atoms with Crippen LogP contribution in [0.2, 0.25) is 0 Å². The summed E-state index contributed by atoms with van der Waals surface area (Å²) < 4.78 is 38.6. The Hall–Kier alpha value is -1.52. The molecule has 1 fully saturated rings. The first-order valence-corrected chi connectivity index (χ1v) is 4.53. The van der Waals surface area contributed by atoms with E-state index in [1.807, 2.05) is 0 Å². The molecule has 0 saturated heterocycles. The summed E-state index contributed by atoms with van der Waals surface area (Å²) in [6.07, 6.45) is 1.46. The number of nitrogens with one attached hydrogen (secondary N) is 1. The highest BCUT2D eigenvalue weighted by Gasteiger charge is 2.30. The van der Waals surface area contributed by atoms with E-state index in [4.69, 9.17) is 0 Å². The fourth-order valence-electron chi connectivity index (χ4n) is 1.23. The average molecular weight is 215 g/mol. The first kappa shape index (κ1) is 10.0. The van der Waals surface area contributed by atoms with E-state index >= 15 is 0 Å². The summed E-state index contributed by atoms with van der Waals surface area (Å²) in [7, 11) is 0. The molecular formula is C10H8F3NO. The van der Waals surface area contributed by atoms with E-state index in [1.165, 1.54) is 0 Å². The van der Waals surface area contributed by atoms with Crippen molar-refractivity contribution in [3.63, 3.8) is 0 Å². The molecule has 15 heavy (non-hydrogen) atoms. The topological polar surface area (TPSA) is 29.1 Å². The quantitative estimate of drug-likeness (QED) is 0.806. The summed E-state index contributed by atoms with van der Waals surface area (Å²) in [5.41, 5.74) is -0.576. The molecule has 0 heterocycles. The Kier molecular flexibility index (Phi) is 2.38. The Balaban J connectivity index is 2.23. The lowest BCUT2D eigenvalue weighted by molar-refractivity contribution is -0.117. The highest BCUT2D eigenvalue weighted by Crippen LogP contribution is 2.31. The van der Waals surface area contributed by atoms with Crippen molar-refractivity contribution in [2.75, 3.05) is 5.32 Å². The summed E-state index contributed by atoms with van der Waals surface area (Å²) in [6, 6.07) is 1.07. The number of carbonyl (C=O) groups excluding carboxylic acids is 1. The molecular weight excluding hydrogens is 207 g/mol. The smallest absolute Gasteiger partial charge is 0.227 e. The summed E-state index contributed by atoms with van der Waals surface area (Å²) in [5.74, 6) is -3.77. The minimum atomic E-state index is -1.10. The zero-order chi connectivity index (χ0) is 11.0. The summed E-state index contributed by atoms with van der Waals surface area (Å²) in [5, 5.41) is 2.11. The second-order valence-corrected chi connectivity index (χ2v) is 3.51. The molecule has 2 rings (SSSR count). The lowest BCUT2D eigenvalue weighted by Gasteiger charge is -2.06. The molecule has 1 aliphatic rings. The van der Waals surface area contributed by atoms with Crippen molar-refractivity contribution in [2.45, 2.75) is 12.8 Å². The Morgan fingerprint density at radius 3 is 2.20 bits per heavy atom. The lowest BCUT2D eigenvalue weighted by Crippen LogP contribution is -2.15. The molecule has 0 bridgehead atoms. The van der Waals surface area contributed by atoms with E-state index in [9.17, 15) is 18.0 Å². The summed E-state index contributed by atoms with van der Waals surface area (Å²) in [4.78, 5) is 11.2. The molecule has 5 heteroatoms. The second-order valence-electron chi connectivity index (χ2n) is 3.51. The SMILES string of the molecule is O=C(Nc1c(F)cc(F)cc1F)C1CC1. The van der Waals surface area contributed by atoms with Crippen molar-refractivity contribution in [3.8, 4) is 0 Å². The van der Waals surface area contributed by atoms with Gasteiger partial charge in [0.2, 0.25) is 5.91 Å². The van der Waals surface area contributed by atoms with E-state index in [-0.39, 0.29) is 5.92 Å². The van der Waals surface area contributed by atoms with Gasteiger partial charge >= 0.3 is 0 Å². The molecule has 1 N–H and O–H groups in total. The van der Waals surface area contributed by atoms with Crippen molar-refractivity contribution in [3.05, 3.63) is 29.6 Å². The molecule has 80 valence electrons. The van der Waals surface area contributed by atoms with E-state index in [1.54, 1.807) is 0 Å². The maximum absolute atomic E-state index is 13.1. The fourth-order valence-corrected chi connectivity index (χ4v) is 1.23. The summed E-state index contributed by atoms with van der Waals surface area (Å²) >= 11 is 0. The van der Waals surface area contributed by atoms with Crippen LogP contribution in [0.4, 0.5) is 18.9 Å². The van der Waals surface area contributed by atoms with Crippen LogP contribution in [-0.4, -0.2) is 5.91 Å². The van der Waals surface area contributed by atoms with Gasteiger partial charge in [0.15, 0.2) is 11.6 Å². The molecule has 1 aromatic rings. The minimum absolute atomic E-state index is 0.158. The Bertz CT molecular complexity index is 392. The molecule has 1 aliphatic carbocycles.